The lowest BCUT2D eigenvalue weighted by molar-refractivity contribution is -0.124. The second kappa shape index (κ2) is 7.66. The highest BCUT2D eigenvalue weighted by molar-refractivity contribution is 5.78. The summed E-state index contributed by atoms with van der Waals surface area (Å²) < 4.78 is 5.81. The number of carbonyl (C=O) groups is 1. The van der Waals surface area contributed by atoms with Crippen molar-refractivity contribution in [2.24, 2.45) is 5.92 Å². The van der Waals surface area contributed by atoms with Crippen LogP contribution in [-0.2, 0) is 4.79 Å². The van der Waals surface area contributed by atoms with E-state index in [4.69, 9.17) is 4.74 Å². The zero-order valence-corrected chi connectivity index (χ0v) is 14.3. The molecule has 1 aliphatic rings. The van der Waals surface area contributed by atoms with Gasteiger partial charge in [0.25, 0.3) is 5.91 Å². The Morgan fingerprint density at radius 1 is 1.32 bits per heavy atom. The van der Waals surface area contributed by atoms with E-state index in [0.717, 1.165) is 23.3 Å². The Balaban J connectivity index is 1.92. The van der Waals surface area contributed by atoms with Crippen LogP contribution in [0.15, 0.2) is 18.2 Å². The molecule has 0 saturated heterocycles. The van der Waals surface area contributed by atoms with Crippen LogP contribution in [-0.4, -0.2) is 18.6 Å². The third-order valence-electron chi connectivity index (χ3n) is 4.61. The molecule has 1 saturated carbocycles. The second-order valence-corrected chi connectivity index (χ2v) is 6.92. The summed E-state index contributed by atoms with van der Waals surface area (Å²) in [7, 11) is 0. The summed E-state index contributed by atoms with van der Waals surface area (Å²) in [6.07, 6.45) is 4.80. The van der Waals surface area contributed by atoms with Crippen molar-refractivity contribution < 1.29 is 9.53 Å². The van der Waals surface area contributed by atoms with Gasteiger partial charge in [-0.3, -0.25) is 4.79 Å². The lowest BCUT2D eigenvalue weighted by Gasteiger charge is -2.29. The molecule has 2 rings (SSSR count). The summed E-state index contributed by atoms with van der Waals surface area (Å²) >= 11 is 0. The average Bonchev–Trinajstić information content (AvgIpc) is 2.47. The fourth-order valence-electron chi connectivity index (χ4n) is 3.17. The summed E-state index contributed by atoms with van der Waals surface area (Å²) in [4.78, 5) is 12.2. The van der Waals surface area contributed by atoms with E-state index in [-0.39, 0.29) is 12.5 Å². The largest absolute Gasteiger partial charge is 0.483 e. The third-order valence-corrected chi connectivity index (χ3v) is 4.61. The first-order valence-electron chi connectivity index (χ1n) is 8.50. The zero-order chi connectivity index (χ0) is 16.1. The highest BCUT2D eigenvalue weighted by atomic mass is 16.5. The molecule has 0 aliphatic heterocycles. The van der Waals surface area contributed by atoms with Crippen molar-refractivity contribution in [2.45, 2.75) is 65.3 Å². The number of nitrogens with one attached hydrogen (secondary N) is 1. The van der Waals surface area contributed by atoms with E-state index in [0.29, 0.717) is 17.9 Å². The molecular formula is C19H29NO2. The van der Waals surface area contributed by atoms with Crippen LogP contribution in [0.1, 0.15) is 63.5 Å². The van der Waals surface area contributed by atoms with E-state index in [1.807, 2.05) is 13.0 Å². The Hall–Kier alpha value is -1.51. The van der Waals surface area contributed by atoms with E-state index in [1.165, 1.54) is 19.3 Å². The fourth-order valence-corrected chi connectivity index (χ4v) is 3.17. The molecule has 0 spiro atoms. The van der Waals surface area contributed by atoms with E-state index >= 15 is 0 Å². The maximum atomic E-state index is 12.2. The summed E-state index contributed by atoms with van der Waals surface area (Å²) in [5, 5.41) is 3.14. The average molecular weight is 303 g/mol. The van der Waals surface area contributed by atoms with Crippen molar-refractivity contribution in [3.8, 4) is 5.75 Å². The highest BCUT2D eigenvalue weighted by Gasteiger charge is 2.23. The van der Waals surface area contributed by atoms with Crippen LogP contribution in [0.25, 0.3) is 0 Å². The molecule has 1 aliphatic carbocycles. The molecule has 1 aromatic rings. The summed E-state index contributed by atoms with van der Waals surface area (Å²) in [6.45, 7) is 8.65. The van der Waals surface area contributed by atoms with Crippen molar-refractivity contribution in [1.82, 2.24) is 5.32 Å². The van der Waals surface area contributed by atoms with Gasteiger partial charge >= 0.3 is 0 Å². The molecular weight excluding hydrogens is 274 g/mol. The predicted molar refractivity (Wildman–Crippen MR) is 90.3 cm³/mol. The number of rotatable bonds is 5. The molecule has 122 valence electrons. The van der Waals surface area contributed by atoms with Gasteiger partial charge in [-0.2, -0.15) is 0 Å². The molecule has 1 aromatic carbocycles. The monoisotopic (exact) mass is 303 g/mol. The minimum Gasteiger partial charge on any atom is -0.483 e. The van der Waals surface area contributed by atoms with Gasteiger partial charge < -0.3 is 10.1 Å². The molecule has 3 nitrogen and oxygen atoms in total. The van der Waals surface area contributed by atoms with Crippen LogP contribution < -0.4 is 10.1 Å². The molecule has 1 N–H and O–H groups in total. The first kappa shape index (κ1) is 16.9. The number of ether oxygens (including phenoxy) is 1. The summed E-state index contributed by atoms with van der Waals surface area (Å²) in [6, 6.07) is 6.51. The normalized spacial score (nSPS) is 21.7. The number of aryl methyl sites for hydroxylation is 1. The summed E-state index contributed by atoms with van der Waals surface area (Å²) in [5.74, 6) is 1.79. The van der Waals surface area contributed by atoms with Gasteiger partial charge in [-0.25, -0.2) is 0 Å². The van der Waals surface area contributed by atoms with Crippen LogP contribution in [0.4, 0.5) is 0 Å². The van der Waals surface area contributed by atoms with Crippen molar-refractivity contribution >= 4 is 5.91 Å². The first-order chi connectivity index (χ1) is 10.5. The van der Waals surface area contributed by atoms with Gasteiger partial charge in [0.15, 0.2) is 6.61 Å². The molecule has 0 radical (unpaired) electrons. The van der Waals surface area contributed by atoms with Crippen molar-refractivity contribution in [3.05, 3.63) is 29.3 Å². The maximum Gasteiger partial charge on any atom is 0.258 e. The third kappa shape index (κ3) is 4.49. The molecule has 22 heavy (non-hydrogen) atoms. The highest BCUT2D eigenvalue weighted by Crippen LogP contribution is 2.27. The minimum atomic E-state index is -0.00466. The minimum absolute atomic E-state index is 0.00466. The standard InChI is InChI=1S/C19H29NO2/c1-13(2)16-10-9-14(3)11-18(16)22-12-19(21)20-17-8-6-5-7-15(17)4/h9-11,13,15,17H,5-8,12H2,1-4H3,(H,20,21)/t15-,17+/m1/s1. The number of hydrogen-bond acceptors (Lipinski definition) is 2. The SMILES string of the molecule is Cc1ccc(C(C)C)c(OCC(=O)N[C@H]2CCCC[C@H]2C)c1. The number of carbonyl (C=O) groups excluding carboxylic acids is 1. The van der Waals surface area contributed by atoms with Crippen LogP contribution >= 0.6 is 0 Å². The fraction of sp³-hybridized carbons (Fsp3) is 0.632. The molecule has 0 heterocycles. The van der Waals surface area contributed by atoms with Gasteiger partial charge in [0, 0.05) is 6.04 Å². The quantitative estimate of drug-likeness (QED) is 0.885. The lowest BCUT2D eigenvalue weighted by atomic mass is 9.86. The van der Waals surface area contributed by atoms with Crippen LogP contribution in [0.3, 0.4) is 0 Å². The molecule has 2 atom stereocenters. The van der Waals surface area contributed by atoms with Crippen molar-refractivity contribution in [2.75, 3.05) is 6.61 Å². The van der Waals surface area contributed by atoms with E-state index < -0.39 is 0 Å². The van der Waals surface area contributed by atoms with Crippen molar-refractivity contribution in [1.29, 1.82) is 0 Å². The molecule has 1 fully saturated rings. The van der Waals surface area contributed by atoms with Crippen LogP contribution in [0, 0.1) is 12.8 Å². The Kier molecular flexibility index (Phi) is 5.87. The Morgan fingerprint density at radius 2 is 2.05 bits per heavy atom. The second-order valence-electron chi connectivity index (χ2n) is 6.92. The van der Waals surface area contributed by atoms with Crippen LogP contribution in [0.5, 0.6) is 5.75 Å². The zero-order valence-electron chi connectivity index (χ0n) is 14.3. The predicted octanol–water partition coefficient (Wildman–Crippen LogP) is 4.19. The van der Waals surface area contributed by atoms with Crippen LogP contribution in [0.2, 0.25) is 0 Å². The smallest absolute Gasteiger partial charge is 0.258 e. The van der Waals surface area contributed by atoms with Gasteiger partial charge in [-0.05, 0) is 48.8 Å². The van der Waals surface area contributed by atoms with E-state index in [1.54, 1.807) is 0 Å². The lowest BCUT2D eigenvalue weighted by Crippen LogP contribution is -2.43. The Bertz CT molecular complexity index is 510. The first-order valence-corrected chi connectivity index (χ1v) is 8.50. The number of amides is 1. The molecule has 0 aromatic heterocycles. The maximum absolute atomic E-state index is 12.2. The molecule has 1 amide bonds. The molecule has 0 unspecified atom stereocenters. The number of hydrogen-bond donors (Lipinski definition) is 1. The molecule has 3 heteroatoms. The van der Waals surface area contributed by atoms with Gasteiger partial charge in [-0.15, -0.1) is 0 Å². The van der Waals surface area contributed by atoms with Gasteiger partial charge in [-0.1, -0.05) is 45.7 Å². The van der Waals surface area contributed by atoms with E-state index in [9.17, 15) is 4.79 Å². The van der Waals surface area contributed by atoms with Gasteiger partial charge in [0.1, 0.15) is 5.75 Å². The summed E-state index contributed by atoms with van der Waals surface area (Å²) in [5.41, 5.74) is 2.31. The topological polar surface area (TPSA) is 38.3 Å². The Morgan fingerprint density at radius 3 is 2.73 bits per heavy atom. The van der Waals surface area contributed by atoms with E-state index in [2.05, 4.69) is 38.2 Å². The molecule has 0 bridgehead atoms. The van der Waals surface area contributed by atoms with Gasteiger partial charge in [0.05, 0.1) is 0 Å². The van der Waals surface area contributed by atoms with Gasteiger partial charge in [0.2, 0.25) is 0 Å². The van der Waals surface area contributed by atoms with Crippen molar-refractivity contribution in [3.63, 3.8) is 0 Å². The number of benzene rings is 1. The Labute approximate surface area is 134 Å².